The predicted octanol–water partition coefficient (Wildman–Crippen LogP) is 18.1. The lowest BCUT2D eigenvalue weighted by Crippen LogP contribution is -2.30. The van der Waals surface area contributed by atoms with Gasteiger partial charge in [0.25, 0.3) is 0 Å². The molecule has 63 heavy (non-hydrogen) atoms. The molecule has 1 unspecified atom stereocenters. The molecule has 1 atom stereocenters. The van der Waals surface area contributed by atoms with E-state index in [-0.39, 0.29) is 31.1 Å². The van der Waals surface area contributed by atoms with Crippen LogP contribution in [0.2, 0.25) is 0 Å². The van der Waals surface area contributed by atoms with E-state index in [2.05, 4.69) is 57.2 Å². The molecule has 0 rings (SSSR count). The highest BCUT2D eigenvalue weighted by Crippen LogP contribution is 2.16. The number of carbonyl (C=O) groups is 3. The van der Waals surface area contributed by atoms with E-state index in [1.165, 1.54) is 173 Å². The molecule has 368 valence electrons. The minimum atomic E-state index is -0.771. The van der Waals surface area contributed by atoms with Gasteiger partial charge in [0.1, 0.15) is 13.2 Å². The summed E-state index contributed by atoms with van der Waals surface area (Å²) < 4.78 is 16.8. The molecule has 0 amide bonds. The van der Waals surface area contributed by atoms with E-state index in [4.69, 9.17) is 14.2 Å². The number of unbranched alkanes of at least 4 members (excludes halogenated alkanes) is 33. The molecule has 0 aromatic rings. The second-order valence-electron chi connectivity index (χ2n) is 18.5. The number of ether oxygens (including phenoxy) is 3. The normalized spacial score (nSPS) is 12.2. The van der Waals surface area contributed by atoms with E-state index < -0.39 is 6.10 Å². The standard InChI is InChI=1S/C57H104O6/c1-4-7-10-13-16-19-21-23-25-27-28-29-30-31-33-34-36-38-41-44-47-50-56(59)62-53-54(52-61-55(58)49-46-43-40-18-15-12-9-6-3)63-57(60)51-48-45-42-39-37-35-32-26-24-22-20-17-14-11-8-5-2/h21,23,27-28,30-31,54H,4-20,22,24-26,29,32-53H2,1-3H3/b23-21-,28-27-,31-30-. The van der Waals surface area contributed by atoms with Crippen molar-refractivity contribution in [2.75, 3.05) is 13.2 Å². The second-order valence-corrected chi connectivity index (χ2v) is 18.5. The lowest BCUT2D eigenvalue weighted by molar-refractivity contribution is -0.167. The minimum Gasteiger partial charge on any atom is -0.462 e. The highest BCUT2D eigenvalue weighted by Gasteiger charge is 2.19. The maximum absolute atomic E-state index is 12.8. The van der Waals surface area contributed by atoms with Crippen LogP contribution in [0.5, 0.6) is 0 Å². The van der Waals surface area contributed by atoms with Crippen LogP contribution in [-0.4, -0.2) is 37.2 Å². The van der Waals surface area contributed by atoms with Gasteiger partial charge in [0.15, 0.2) is 6.10 Å². The first-order valence-corrected chi connectivity index (χ1v) is 27.5. The van der Waals surface area contributed by atoms with Crippen molar-refractivity contribution in [1.82, 2.24) is 0 Å². The van der Waals surface area contributed by atoms with Gasteiger partial charge in [0.2, 0.25) is 0 Å². The Morgan fingerprint density at radius 1 is 0.317 bits per heavy atom. The van der Waals surface area contributed by atoms with E-state index in [0.29, 0.717) is 19.3 Å². The van der Waals surface area contributed by atoms with Crippen molar-refractivity contribution in [2.24, 2.45) is 0 Å². The van der Waals surface area contributed by atoms with Crippen LogP contribution < -0.4 is 0 Å². The van der Waals surface area contributed by atoms with Crippen molar-refractivity contribution in [3.63, 3.8) is 0 Å². The van der Waals surface area contributed by atoms with E-state index in [1.807, 2.05) is 0 Å². The highest BCUT2D eigenvalue weighted by molar-refractivity contribution is 5.71. The second kappa shape index (κ2) is 52.3. The van der Waals surface area contributed by atoms with Gasteiger partial charge in [-0.25, -0.2) is 0 Å². The molecular formula is C57H104O6. The van der Waals surface area contributed by atoms with Crippen molar-refractivity contribution < 1.29 is 28.6 Å². The van der Waals surface area contributed by atoms with Crippen molar-refractivity contribution in [1.29, 1.82) is 0 Å². The summed E-state index contributed by atoms with van der Waals surface area (Å²) in [6, 6.07) is 0. The van der Waals surface area contributed by atoms with Crippen LogP contribution >= 0.6 is 0 Å². The Hall–Kier alpha value is -2.37. The molecule has 0 heterocycles. The number of hydrogen-bond acceptors (Lipinski definition) is 6. The quantitative estimate of drug-likeness (QED) is 0.0262. The van der Waals surface area contributed by atoms with Crippen LogP contribution in [0.15, 0.2) is 36.5 Å². The monoisotopic (exact) mass is 885 g/mol. The average molecular weight is 885 g/mol. The van der Waals surface area contributed by atoms with Crippen molar-refractivity contribution in [2.45, 2.75) is 297 Å². The van der Waals surface area contributed by atoms with Crippen LogP contribution in [0.4, 0.5) is 0 Å². The van der Waals surface area contributed by atoms with E-state index in [0.717, 1.165) is 77.0 Å². The van der Waals surface area contributed by atoms with Gasteiger partial charge in [-0.2, -0.15) is 0 Å². The Kier molecular flexibility index (Phi) is 50.3. The van der Waals surface area contributed by atoms with Crippen LogP contribution in [-0.2, 0) is 28.6 Å². The zero-order chi connectivity index (χ0) is 45.8. The molecule has 6 heteroatoms. The van der Waals surface area contributed by atoms with Gasteiger partial charge in [0, 0.05) is 19.3 Å². The van der Waals surface area contributed by atoms with Gasteiger partial charge in [0.05, 0.1) is 0 Å². The van der Waals surface area contributed by atoms with Crippen molar-refractivity contribution >= 4 is 17.9 Å². The Morgan fingerprint density at radius 3 is 0.889 bits per heavy atom. The van der Waals surface area contributed by atoms with Gasteiger partial charge >= 0.3 is 17.9 Å². The Balaban J connectivity index is 4.25. The number of esters is 3. The molecule has 0 aliphatic rings. The summed E-state index contributed by atoms with van der Waals surface area (Å²) in [6.07, 6.45) is 61.4. The summed E-state index contributed by atoms with van der Waals surface area (Å²) >= 11 is 0. The molecule has 6 nitrogen and oxygen atoms in total. The molecule has 0 saturated carbocycles. The fourth-order valence-corrected chi connectivity index (χ4v) is 7.98. The summed E-state index contributed by atoms with van der Waals surface area (Å²) in [5.41, 5.74) is 0. The zero-order valence-electron chi connectivity index (χ0n) is 42.1. The van der Waals surface area contributed by atoms with E-state index in [1.54, 1.807) is 0 Å². The molecule has 0 aromatic carbocycles. The van der Waals surface area contributed by atoms with Gasteiger partial charge in [-0.15, -0.1) is 0 Å². The lowest BCUT2D eigenvalue weighted by Gasteiger charge is -2.18. The first-order chi connectivity index (χ1) is 31.0. The maximum Gasteiger partial charge on any atom is 0.306 e. The third-order valence-corrected chi connectivity index (χ3v) is 12.1. The Bertz CT molecular complexity index is 1060. The summed E-state index contributed by atoms with van der Waals surface area (Å²) in [7, 11) is 0. The molecule has 0 radical (unpaired) electrons. The first-order valence-electron chi connectivity index (χ1n) is 27.5. The SMILES string of the molecule is CCCCCCC/C=C\C/C=C\C/C=C\CCCCCCCCC(=O)OCC(COC(=O)CCCCCCCCCC)OC(=O)CCCCCCCCCCCCCCCCCC. The maximum atomic E-state index is 12.8. The van der Waals surface area contributed by atoms with E-state index in [9.17, 15) is 14.4 Å². The summed E-state index contributed by atoms with van der Waals surface area (Å²) in [5, 5.41) is 0. The minimum absolute atomic E-state index is 0.0727. The van der Waals surface area contributed by atoms with Crippen LogP contribution in [0.25, 0.3) is 0 Å². The third kappa shape index (κ3) is 50.5. The molecule has 0 aliphatic carbocycles. The van der Waals surface area contributed by atoms with Crippen LogP contribution in [0, 0.1) is 0 Å². The molecule has 0 spiro atoms. The van der Waals surface area contributed by atoms with Gasteiger partial charge in [-0.1, -0.05) is 250 Å². The first kappa shape index (κ1) is 60.6. The fourth-order valence-electron chi connectivity index (χ4n) is 7.98. The molecule has 0 fully saturated rings. The van der Waals surface area contributed by atoms with Crippen molar-refractivity contribution in [3.05, 3.63) is 36.5 Å². The van der Waals surface area contributed by atoms with Crippen LogP contribution in [0.3, 0.4) is 0 Å². The molecule has 0 N–H and O–H groups in total. The molecule has 0 aliphatic heterocycles. The van der Waals surface area contributed by atoms with Crippen LogP contribution in [0.1, 0.15) is 290 Å². The third-order valence-electron chi connectivity index (χ3n) is 12.1. The van der Waals surface area contributed by atoms with Gasteiger partial charge in [-0.3, -0.25) is 14.4 Å². The largest absolute Gasteiger partial charge is 0.462 e. The molecule has 0 bridgehead atoms. The molecule has 0 aromatic heterocycles. The lowest BCUT2D eigenvalue weighted by atomic mass is 10.0. The fraction of sp³-hybridized carbons (Fsp3) is 0.842. The summed E-state index contributed by atoms with van der Waals surface area (Å²) in [5.74, 6) is -0.876. The summed E-state index contributed by atoms with van der Waals surface area (Å²) in [6.45, 7) is 6.62. The zero-order valence-corrected chi connectivity index (χ0v) is 42.1. The smallest absolute Gasteiger partial charge is 0.306 e. The Morgan fingerprint density at radius 2 is 0.571 bits per heavy atom. The van der Waals surface area contributed by atoms with Gasteiger partial charge in [-0.05, 0) is 57.8 Å². The highest BCUT2D eigenvalue weighted by atomic mass is 16.6. The van der Waals surface area contributed by atoms with E-state index >= 15 is 0 Å². The Labute approximate surface area is 391 Å². The molecular weight excluding hydrogens is 781 g/mol. The number of carbonyl (C=O) groups excluding carboxylic acids is 3. The van der Waals surface area contributed by atoms with Crippen molar-refractivity contribution in [3.8, 4) is 0 Å². The van der Waals surface area contributed by atoms with Gasteiger partial charge < -0.3 is 14.2 Å². The molecule has 0 saturated heterocycles. The topological polar surface area (TPSA) is 78.9 Å². The predicted molar refractivity (Wildman–Crippen MR) is 270 cm³/mol. The number of hydrogen-bond donors (Lipinski definition) is 0. The number of rotatable bonds is 50. The average Bonchev–Trinajstić information content (AvgIpc) is 3.28. The number of allylic oxidation sites excluding steroid dienone is 6. The summed E-state index contributed by atoms with van der Waals surface area (Å²) in [4.78, 5) is 37.9.